The lowest BCUT2D eigenvalue weighted by Gasteiger charge is -2.16. The standard InChI is InChI=1S/C21H22N4O4S2/c1-29-16-4-2-13-3-5-18(10-14(13)8-16)31(27,28)24-19-6-7-25(21(19)26)11-17-9-15(12-30-17)20(22)23/h2-5,8-10,12,19,24H,6-7,11H2,1H3,(H3,22,23)/t19-/m0/s1. The molecule has 2 aromatic carbocycles. The Morgan fingerprint density at radius 3 is 2.74 bits per heavy atom. The normalized spacial score (nSPS) is 16.7. The van der Waals surface area contributed by atoms with Crippen molar-refractivity contribution < 1.29 is 17.9 Å². The SMILES string of the molecule is COc1ccc2ccc(S(=O)(=O)N[C@H]3CCN(Cc4cc(C(=N)N)cs4)C3=O)cc2c1. The minimum atomic E-state index is -3.87. The van der Waals surface area contributed by atoms with Crippen LogP contribution in [0.1, 0.15) is 16.9 Å². The summed E-state index contributed by atoms with van der Waals surface area (Å²) in [7, 11) is -2.32. The molecule has 31 heavy (non-hydrogen) atoms. The maximum Gasteiger partial charge on any atom is 0.241 e. The van der Waals surface area contributed by atoms with Gasteiger partial charge < -0.3 is 15.4 Å². The molecule has 1 fully saturated rings. The van der Waals surface area contributed by atoms with E-state index < -0.39 is 16.1 Å². The van der Waals surface area contributed by atoms with E-state index in [1.807, 2.05) is 12.1 Å². The first-order valence-corrected chi connectivity index (χ1v) is 11.9. The molecule has 4 N–H and O–H groups in total. The summed E-state index contributed by atoms with van der Waals surface area (Å²) in [5.74, 6) is 0.357. The molecular weight excluding hydrogens is 436 g/mol. The molecule has 4 rings (SSSR count). The molecule has 1 aromatic heterocycles. The summed E-state index contributed by atoms with van der Waals surface area (Å²) in [6.07, 6.45) is 0.393. The van der Waals surface area contributed by atoms with Gasteiger partial charge in [0, 0.05) is 22.4 Å². The Morgan fingerprint density at radius 2 is 2.03 bits per heavy atom. The number of amides is 1. The molecule has 1 amide bonds. The number of hydrogen-bond acceptors (Lipinski definition) is 6. The number of thiophene rings is 1. The Morgan fingerprint density at radius 1 is 1.26 bits per heavy atom. The number of nitrogens with two attached hydrogens (primary N) is 1. The summed E-state index contributed by atoms with van der Waals surface area (Å²) < 4.78 is 33.6. The first-order valence-electron chi connectivity index (χ1n) is 9.57. The number of methoxy groups -OCH3 is 1. The summed E-state index contributed by atoms with van der Waals surface area (Å²) in [5.41, 5.74) is 6.11. The minimum Gasteiger partial charge on any atom is -0.497 e. The number of likely N-dealkylation sites (tertiary alicyclic amines) is 1. The van der Waals surface area contributed by atoms with Gasteiger partial charge in [-0.2, -0.15) is 4.72 Å². The van der Waals surface area contributed by atoms with Gasteiger partial charge in [-0.15, -0.1) is 11.3 Å². The van der Waals surface area contributed by atoms with E-state index >= 15 is 0 Å². The number of carbonyl (C=O) groups excluding carboxylic acids is 1. The Bertz CT molecular complexity index is 1270. The van der Waals surface area contributed by atoms with Crippen molar-refractivity contribution in [2.24, 2.45) is 5.73 Å². The zero-order valence-corrected chi connectivity index (χ0v) is 18.4. The van der Waals surface area contributed by atoms with Crippen LogP contribution in [0, 0.1) is 5.41 Å². The average Bonchev–Trinajstić information content (AvgIpc) is 3.35. The molecule has 162 valence electrons. The summed E-state index contributed by atoms with van der Waals surface area (Å²) in [5, 5.41) is 10.9. The van der Waals surface area contributed by atoms with Crippen LogP contribution < -0.4 is 15.2 Å². The predicted molar refractivity (Wildman–Crippen MR) is 120 cm³/mol. The van der Waals surface area contributed by atoms with Crippen molar-refractivity contribution in [2.75, 3.05) is 13.7 Å². The van der Waals surface area contributed by atoms with Gasteiger partial charge >= 0.3 is 0 Å². The highest BCUT2D eigenvalue weighted by Crippen LogP contribution is 2.25. The van der Waals surface area contributed by atoms with E-state index in [2.05, 4.69) is 4.72 Å². The van der Waals surface area contributed by atoms with E-state index in [0.717, 1.165) is 15.6 Å². The molecule has 1 atom stereocenters. The molecule has 2 heterocycles. The van der Waals surface area contributed by atoms with Crippen LogP contribution in [-0.4, -0.2) is 44.8 Å². The summed E-state index contributed by atoms with van der Waals surface area (Å²) in [6, 6.07) is 11.3. The number of carbonyl (C=O) groups is 1. The third-order valence-electron chi connectivity index (χ3n) is 5.24. The van der Waals surface area contributed by atoms with Gasteiger partial charge in [0.15, 0.2) is 0 Å². The topological polar surface area (TPSA) is 126 Å². The molecule has 0 radical (unpaired) electrons. The molecule has 1 saturated heterocycles. The van der Waals surface area contributed by atoms with E-state index in [1.165, 1.54) is 17.4 Å². The van der Waals surface area contributed by atoms with E-state index in [-0.39, 0.29) is 16.6 Å². The maximum absolute atomic E-state index is 12.9. The van der Waals surface area contributed by atoms with Crippen LogP contribution in [0.5, 0.6) is 5.75 Å². The number of nitrogens with one attached hydrogen (secondary N) is 2. The van der Waals surface area contributed by atoms with Gasteiger partial charge in [0.25, 0.3) is 0 Å². The van der Waals surface area contributed by atoms with Crippen LogP contribution in [0.15, 0.2) is 52.7 Å². The van der Waals surface area contributed by atoms with Crippen LogP contribution in [0.3, 0.4) is 0 Å². The molecule has 1 aliphatic rings. The molecule has 0 bridgehead atoms. The molecule has 1 aliphatic heterocycles. The third-order valence-corrected chi connectivity index (χ3v) is 7.63. The summed E-state index contributed by atoms with van der Waals surface area (Å²) in [6.45, 7) is 0.818. The highest BCUT2D eigenvalue weighted by Gasteiger charge is 2.35. The predicted octanol–water partition coefficient (Wildman–Crippen LogP) is 2.27. The summed E-state index contributed by atoms with van der Waals surface area (Å²) in [4.78, 5) is 15.4. The fourth-order valence-electron chi connectivity index (χ4n) is 3.55. The maximum atomic E-state index is 12.9. The van der Waals surface area contributed by atoms with E-state index in [4.69, 9.17) is 15.9 Å². The summed E-state index contributed by atoms with van der Waals surface area (Å²) >= 11 is 1.42. The number of ether oxygens (including phenoxy) is 1. The van der Waals surface area contributed by atoms with Crippen LogP contribution in [0.25, 0.3) is 10.8 Å². The van der Waals surface area contributed by atoms with E-state index in [9.17, 15) is 13.2 Å². The van der Waals surface area contributed by atoms with Crippen LogP contribution in [-0.2, 0) is 21.4 Å². The van der Waals surface area contributed by atoms with Crippen molar-refractivity contribution in [3.8, 4) is 5.75 Å². The number of fused-ring (bicyclic) bond motifs is 1. The Hall–Kier alpha value is -2.95. The highest BCUT2D eigenvalue weighted by atomic mass is 32.2. The van der Waals surface area contributed by atoms with Crippen LogP contribution in [0.4, 0.5) is 0 Å². The van der Waals surface area contributed by atoms with Crippen molar-refractivity contribution in [3.63, 3.8) is 0 Å². The largest absolute Gasteiger partial charge is 0.497 e. The van der Waals surface area contributed by atoms with Crippen LogP contribution >= 0.6 is 11.3 Å². The van der Waals surface area contributed by atoms with E-state index in [0.29, 0.717) is 30.8 Å². The molecule has 0 aliphatic carbocycles. The lowest BCUT2D eigenvalue weighted by atomic mass is 10.1. The number of sulfonamides is 1. The fraction of sp³-hybridized carbons (Fsp3) is 0.238. The molecule has 0 unspecified atom stereocenters. The van der Waals surface area contributed by atoms with Crippen molar-refractivity contribution in [3.05, 3.63) is 58.3 Å². The van der Waals surface area contributed by atoms with Gasteiger partial charge in [0.1, 0.15) is 17.6 Å². The second-order valence-electron chi connectivity index (χ2n) is 7.31. The lowest BCUT2D eigenvalue weighted by Crippen LogP contribution is -2.41. The van der Waals surface area contributed by atoms with E-state index in [1.54, 1.807) is 41.7 Å². The van der Waals surface area contributed by atoms with Gasteiger partial charge in [0.05, 0.1) is 18.6 Å². The van der Waals surface area contributed by atoms with Crippen molar-refractivity contribution in [1.29, 1.82) is 5.41 Å². The second kappa shape index (κ2) is 8.29. The first-order chi connectivity index (χ1) is 14.8. The van der Waals surface area contributed by atoms with Gasteiger partial charge in [-0.05, 0) is 47.5 Å². The Balaban J connectivity index is 1.48. The zero-order valence-electron chi connectivity index (χ0n) is 16.8. The van der Waals surface area contributed by atoms with Crippen molar-refractivity contribution in [1.82, 2.24) is 9.62 Å². The van der Waals surface area contributed by atoms with Gasteiger partial charge in [-0.3, -0.25) is 10.2 Å². The fourth-order valence-corrected chi connectivity index (χ4v) is 5.71. The number of rotatable bonds is 7. The first kappa shape index (κ1) is 21.3. The molecule has 10 heteroatoms. The number of nitrogen functional groups attached to an aromatic ring is 1. The van der Waals surface area contributed by atoms with Crippen molar-refractivity contribution >= 4 is 43.9 Å². The molecule has 3 aromatic rings. The quantitative estimate of drug-likeness (QED) is 0.370. The third kappa shape index (κ3) is 4.41. The minimum absolute atomic E-state index is 0.0195. The molecule has 0 saturated carbocycles. The molecule has 0 spiro atoms. The monoisotopic (exact) mass is 458 g/mol. The molecular formula is C21H22N4O4S2. The average molecular weight is 459 g/mol. The Labute approximate surface area is 184 Å². The number of amidine groups is 1. The Kier molecular flexibility index (Phi) is 5.69. The number of hydrogen-bond donors (Lipinski definition) is 3. The molecule has 8 nitrogen and oxygen atoms in total. The second-order valence-corrected chi connectivity index (χ2v) is 10.0. The van der Waals surface area contributed by atoms with Crippen LogP contribution in [0.2, 0.25) is 0 Å². The van der Waals surface area contributed by atoms with Gasteiger partial charge in [-0.25, -0.2) is 8.42 Å². The zero-order chi connectivity index (χ0) is 22.2. The lowest BCUT2D eigenvalue weighted by molar-refractivity contribution is -0.129. The number of nitrogens with zero attached hydrogens (tertiary/aromatic N) is 1. The van der Waals surface area contributed by atoms with Gasteiger partial charge in [0.2, 0.25) is 15.9 Å². The highest BCUT2D eigenvalue weighted by molar-refractivity contribution is 7.89. The van der Waals surface area contributed by atoms with Gasteiger partial charge in [-0.1, -0.05) is 12.1 Å². The smallest absolute Gasteiger partial charge is 0.241 e. The van der Waals surface area contributed by atoms with Crippen molar-refractivity contribution in [2.45, 2.75) is 23.9 Å². The number of benzene rings is 2.